The normalized spacial score (nSPS) is 24.2. The van der Waals surface area contributed by atoms with Gasteiger partial charge in [-0.25, -0.2) is 0 Å². The van der Waals surface area contributed by atoms with E-state index < -0.39 is 0 Å². The third-order valence-corrected chi connectivity index (χ3v) is 2.10. The maximum atomic E-state index is 5.24. The van der Waals surface area contributed by atoms with Crippen molar-refractivity contribution in [3.63, 3.8) is 0 Å². The van der Waals surface area contributed by atoms with Gasteiger partial charge in [0.2, 0.25) is 6.79 Å². The lowest BCUT2D eigenvalue weighted by Gasteiger charge is -1.97. The van der Waals surface area contributed by atoms with E-state index in [1.807, 2.05) is 18.2 Å². The molecule has 0 bridgehead atoms. The van der Waals surface area contributed by atoms with Crippen LogP contribution in [0.3, 0.4) is 0 Å². The number of benzene rings is 1. The molecule has 3 rings (SSSR count). The molecule has 3 heteroatoms. The second-order valence-corrected chi connectivity index (χ2v) is 2.93. The highest BCUT2D eigenvalue weighted by molar-refractivity contribution is 5.45. The van der Waals surface area contributed by atoms with E-state index in [0.29, 0.717) is 12.9 Å². The van der Waals surface area contributed by atoms with Gasteiger partial charge in [-0.3, -0.25) is 0 Å². The number of rotatable bonds is 1. The molecular weight excluding hydrogens is 156 g/mol. The molecule has 0 saturated carbocycles. The zero-order valence-electron chi connectivity index (χ0n) is 6.45. The average Bonchev–Trinajstić information content (AvgIpc) is 2.84. The average molecular weight is 164 g/mol. The maximum absolute atomic E-state index is 5.24. The van der Waals surface area contributed by atoms with Crippen LogP contribution in [0, 0.1) is 0 Å². The van der Waals surface area contributed by atoms with E-state index in [1.54, 1.807) is 0 Å². The van der Waals surface area contributed by atoms with Crippen LogP contribution >= 0.6 is 0 Å². The van der Waals surface area contributed by atoms with E-state index in [9.17, 15) is 0 Å². The second-order valence-electron chi connectivity index (χ2n) is 2.93. The molecule has 2 aliphatic rings. The summed E-state index contributed by atoms with van der Waals surface area (Å²) in [5.41, 5.74) is 1.18. The Hall–Kier alpha value is -1.22. The van der Waals surface area contributed by atoms with E-state index in [0.717, 1.165) is 18.1 Å². The first-order chi connectivity index (χ1) is 5.93. The fourth-order valence-electron chi connectivity index (χ4n) is 1.35. The van der Waals surface area contributed by atoms with E-state index in [-0.39, 0.29) is 0 Å². The number of hydrogen-bond acceptors (Lipinski definition) is 3. The largest absolute Gasteiger partial charge is 0.454 e. The Morgan fingerprint density at radius 2 is 2.00 bits per heavy atom. The molecule has 0 aliphatic carbocycles. The van der Waals surface area contributed by atoms with Crippen molar-refractivity contribution in [3.05, 3.63) is 23.8 Å². The zero-order chi connectivity index (χ0) is 7.97. The maximum Gasteiger partial charge on any atom is 0.231 e. The Balaban J connectivity index is 2.03. The summed E-state index contributed by atoms with van der Waals surface area (Å²) in [6, 6.07) is 5.94. The summed E-state index contributed by atoms with van der Waals surface area (Å²) in [5.74, 6) is 1.67. The Kier molecular flexibility index (Phi) is 1.12. The first kappa shape index (κ1) is 6.31. The molecule has 1 atom stereocenters. The van der Waals surface area contributed by atoms with Crippen molar-refractivity contribution in [2.24, 2.45) is 0 Å². The monoisotopic (exact) mass is 164 g/mol. The van der Waals surface area contributed by atoms with Crippen molar-refractivity contribution in [1.82, 2.24) is 0 Å². The first-order valence-electron chi connectivity index (χ1n) is 3.94. The molecule has 2 heterocycles. The molecule has 62 valence electrons. The molecule has 0 amide bonds. The molecular formula is C9H8O3. The quantitative estimate of drug-likeness (QED) is 0.589. The van der Waals surface area contributed by atoms with E-state index in [4.69, 9.17) is 14.2 Å². The Bertz CT molecular complexity index is 318. The van der Waals surface area contributed by atoms with Gasteiger partial charge in [0.15, 0.2) is 11.5 Å². The molecule has 3 nitrogen and oxygen atoms in total. The molecule has 1 fully saturated rings. The minimum atomic E-state index is 0.291. The third-order valence-electron chi connectivity index (χ3n) is 2.10. The van der Waals surface area contributed by atoms with Gasteiger partial charge in [0.05, 0.1) is 6.61 Å². The fraction of sp³-hybridized carbons (Fsp3) is 0.333. The van der Waals surface area contributed by atoms with Gasteiger partial charge in [-0.1, -0.05) is 6.07 Å². The van der Waals surface area contributed by atoms with Gasteiger partial charge in [-0.15, -0.1) is 0 Å². The Morgan fingerprint density at radius 3 is 2.83 bits per heavy atom. The highest BCUT2D eigenvalue weighted by Gasteiger charge is 2.26. The second kappa shape index (κ2) is 2.14. The number of hydrogen-bond donors (Lipinski definition) is 0. The summed E-state index contributed by atoms with van der Waals surface area (Å²) >= 11 is 0. The van der Waals surface area contributed by atoms with Gasteiger partial charge in [0, 0.05) is 0 Å². The summed E-state index contributed by atoms with van der Waals surface area (Å²) in [4.78, 5) is 0. The first-order valence-corrected chi connectivity index (χ1v) is 3.94. The van der Waals surface area contributed by atoms with Gasteiger partial charge >= 0.3 is 0 Å². The minimum absolute atomic E-state index is 0.291. The van der Waals surface area contributed by atoms with Crippen LogP contribution in [0.2, 0.25) is 0 Å². The topological polar surface area (TPSA) is 31.0 Å². The van der Waals surface area contributed by atoms with E-state index in [2.05, 4.69) is 0 Å². The van der Waals surface area contributed by atoms with Crippen molar-refractivity contribution < 1.29 is 14.2 Å². The smallest absolute Gasteiger partial charge is 0.231 e. The number of fused-ring (bicyclic) bond motifs is 1. The Labute approximate surface area is 69.9 Å². The molecule has 0 aromatic heterocycles. The van der Waals surface area contributed by atoms with Crippen molar-refractivity contribution in [2.75, 3.05) is 13.4 Å². The van der Waals surface area contributed by atoms with Gasteiger partial charge < -0.3 is 14.2 Å². The lowest BCUT2D eigenvalue weighted by molar-refractivity contribution is 0.174. The number of epoxide rings is 1. The molecule has 1 saturated heterocycles. The Morgan fingerprint density at radius 1 is 1.17 bits per heavy atom. The summed E-state index contributed by atoms with van der Waals surface area (Å²) in [6.07, 6.45) is 0.291. The molecule has 2 aliphatic heterocycles. The summed E-state index contributed by atoms with van der Waals surface area (Å²) in [5, 5.41) is 0. The van der Waals surface area contributed by atoms with E-state index in [1.165, 1.54) is 5.56 Å². The lowest BCUT2D eigenvalue weighted by Crippen LogP contribution is -1.92. The van der Waals surface area contributed by atoms with Crippen LogP contribution in [0.15, 0.2) is 18.2 Å². The highest BCUT2D eigenvalue weighted by Crippen LogP contribution is 2.38. The summed E-state index contributed by atoms with van der Waals surface area (Å²) < 4.78 is 15.6. The van der Waals surface area contributed by atoms with Crippen molar-refractivity contribution >= 4 is 0 Å². The predicted molar refractivity (Wildman–Crippen MR) is 41.3 cm³/mol. The van der Waals surface area contributed by atoms with Crippen LogP contribution in [0.5, 0.6) is 11.5 Å². The lowest BCUT2D eigenvalue weighted by atomic mass is 10.1. The van der Waals surface area contributed by atoms with E-state index >= 15 is 0 Å². The molecule has 0 radical (unpaired) electrons. The van der Waals surface area contributed by atoms with Crippen LogP contribution in [0.25, 0.3) is 0 Å². The van der Waals surface area contributed by atoms with Crippen LogP contribution in [-0.4, -0.2) is 13.4 Å². The molecule has 1 aromatic rings. The highest BCUT2D eigenvalue weighted by atomic mass is 16.7. The van der Waals surface area contributed by atoms with Crippen molar-refractivity contribution in [3.8, 4) is 11.5 Å². The van der Waals surface area contributed by atoms with Crippen molar-refractivity contribution in [2.45, 2.75) is 6.10 Å². The standard InChI is InChI=1S/C9H8O3/c1-2-7-8(12-5-11-7)3-6(1)9-4-10-9/h1-3,9H,4-5H2/t9-/m0/s1. The minimum Gasteiger partial charge on any atom is -0.454 e. The SMILES string of the molecule is c1cc2c(cc1[C@@H]1CO1)OCO2. The van der Waals surface area contributed by atoms with Gasteiger partial charge in [0.25, 0.3) is 0 Å². The number of ether oxygens (including phenoxy) is 3. The van der Waals surface area contributed by atoms with Crippen LogP contribution in [-0.2, 0) is 4.74 Å². The van der Waals surface area contributed by atoms with Crippen molar-refractivity contribution in [1.29, 1.82) is 0 Å². The van der Waals surface area contributed by atoms with Crippen LogP contribution in [0.4, 0.5) is 0 Å². The molecule has 1 aromatic carbocycles. The van der Waals surface area contributed by atoms with Gasteiger partial charge in [-0.05, 0) is 17.7 Å². The zero-order valence-corrected chi connectivity index (χ0v) is 6.45. The molecule has 0 unspecified atom stereocenters. The molecule has 12 heavy (non-hydrogen) atoms. The predicted octanol–water partition coefficient (Wildman–Crippen LogP) is 1.49. The third kappa shape index (κ3) is 0.865. The molecule has 0 N–H and O–H groups in total. The summed E-state index contributed by atoms with van der Waals surface area (Å²) in [7, 11) is 0. The van der Waals surface area contributed by atoms with Gasteiger partial charge in [-0.2, -0.15) is 0 Å². The van der Waals surface area contributed by atoms with Crippen LogP contribution in [0.1, 0.15) is 11.7 Å². The summed E-state index contributed by atoms with van der Waals surface area (Å²) in [6.45, 7) is 1.17. The molecule has 0 spiro atoms. The fourth-order valence-corrected chi connectivity index (χ4v) is 1.35. The van der Waals surface area contributed by atoms with Gasteiger partial charge in [0.1, 0.15) is 6.10 Å². The van der Waals surface area contributed by atoms with Crippen LogP contribution < -0.4 is 9.47 Å².